The van der Waals surface area contributed by atoms with Gasteiger partial charge in [0.2, 0.25) is 0 Å². The Morgan fingerprint density at radius 3 is 2.57 bits per heavy atom. The van der Waals surface area contributed by atoms with Crippen molar-refractivity contribution in [3.63, 3.8) is 0 Å². The molecule has 0 spiro atoms. The van der Waals surface area contributed by atoms with E-state index in [2.05, 4.69) is 17.1 Å². The van der Waals surface area contributed by atoms with Gasteiger partial charge in [0, 0.05) is 18.6 Å². The summed E-state index contributed by atoms with van der Waals surface area (Å²) in [6.07, 6.45) is 8.47. The van der Waals surface area contributed by atoms with Gasteiger partial charge in [0.1, 0.15) is 0 Å². The predicted molar refractivity (Wildman–Crippen MR) is 60.5 cm³/mol. The van der Waals surface area contributed by atoms with Gasteiger partial charge in [0.15, 0.2) is 0 Å². The molecule has 2 unspecified atom stereocenters. The van der Waals surface area contributed by atoms with Crippen LogP contribution < -0.4 is 5.32 Å². The van der Waals surface area contributed by atoms with E-state index in [1.165, 1.54) is 58.2 Å². The van der Waals surface area contributed by atoms with Crippen molar-refractivity contribution in [2.45, 2.75) is 57.5 Å². The molecule has 0 saturated carbocycles. The number of hydrogen-bond donors (Lipinski definition) is 1. The Morgan fingerprint density at radius 2 is 1.86 bits per heavy atom. The van der Waals surface area contributed by atoms with Crippen molar-refractivity contribution in [2.24, 2.45) is 0 Å². The lowest BCUT2D eigenvalue weighted by molar-refractivity contribution is 0.183. The highest BCUT2D eigenvalue weighted by atomic mass is 15.2. The van der Waals surface area contributed by atoms with Gasteiger partial charge < -0.3 is 10.2 Å². The van der Waals surface area contributed by atoms with Crippen molar-refractivity contribution in [2.75, 3.05) is 19.6 Å². The number of nitrogens with one attached hydrogen (secondary N) is 1. The normalized spacial score (nSPS) is 35.8. The Kier molecular flexibility index (Phi) is 3.82. The fourth-order valence-electron chi connectivity index (χ4n) is 2.84. The van der Waals surface area contributed by atoms with Crippen molar-refractivity contribution >= 4 is 0 Å². The van der Waals surface area contributed by atoms with Crippen molar-refractivity contribution in [1.29, 1.82) is 0 Å². The topological polar surface area (TPSA) is 15.3 Å². The van der Waals surface area contributed by atoms with Crippen LogP contribution in [0.1, 0.15) is 45.4 Å². The van der Waals surface area contributed by atoms with Crippen LogP contribution in [0.3, 0.4) is 0 Å². The minimum atomic E-state index is 0.749. The van der Waals surface area contributed by atoms with E-state index in [0.717, 1.165) is 12.1 Å². The van der Waals surface area contributed by atoms with Gasteiger partial charge in [-0.15, -0.1) is 0 Å². The van der Waals surface area contributed by atoms with Crippen molar-refractivity contribution < 1.29 is 0 Å². The van der Waals surface area contributed by atoms with Crippen LogP contribution in [0.25, 0.3) is 0 Å². The Balaban J connectivity index is 1.72. The third kappa shape index (κ3) is 2.96. The molecule has 1 N–H and O–H groups in total. The lowest BCUT2D eigenvalue weighted by atomic mass is 9.98. The maximum absolute atomic E-state index is 3.72. The van der Waals surface area contributed by atoms with Crippen LogP contribution in [-0.2, 0) is 0 Å². The molecule has 2 nitrogen and oxygen atoms in total. The van der Waals surface area contributed by atoms with E-state index < -0.39 is 0 Å². The van der Waals surface area contributed by atoms with Crippen molar-refractivity contribution in [3.05, 3.63) is 0 Å². The first-order valence-corrected chi connectivity index (χ1v) is 6.33. The average Bonchev–Trinajstić information content (AvgIpc) is 2.19. The van der Waals surface area contributed by atoms with Gasteiger partial charge in [-0.2, -0.15) is 0 Å². The zero-order valence-corrected chi connectivity index (χ0v) is 9.47. The highest BCUT2D eigenvalue weighted by Gasteiger charge is 2.20. The van der Waals surface area contributed by atoms with Gasteiger partial charge in [0.25, 0.3) is 0 Å². The van der Waals surface area contributed by atoms with E-state index in [9.17, 15) is 0 Å². The molecule has 2 fully saturated rings. The van der Waals surface area contributed by atoms with Crippen LogP contribution in [0.5, 0.6) is 0 Å². The molecule has 2 atom stereocenters. The summed E-state index contributed by atoms with van der Waals surface area (Å²) in [4.78, 5) is 2.65. The summed E-state index contributed by atoms with van der Waals surface area (Å²) in [5, 5.41) is 3.72. The third-order valence-corrected chi connectivity index (χ3v) is 3.64. The summed E-state index contributed by atoms with van der Waals surface area (Å²) in [5.74, 6) is 0. The molecular weight excluding hydrogens is 172 g/mol. The fraction of sp³-hybridized carbons (Fsp3) is 1.00. The third-order valence-electron chi connectivity index (χ3n) is 3.64. The number of hydrogen-bond acceptors (Lipinski definition) is 2. The minimum Gasteiger partial charge on any atom is -0.310 e. The standard InChI is InChI=1S/C12H24N2/c1-11-6-5-7-12(13-11)10-14-8-3-2-4-9-14/h11-13H,2-10H2,1H3. The Labute approximate surface area is 88.1 Å². The minimum absolute atomic E-state index is 0.749. The van der Waals surface area contributed by atoms with E-state index in [1.807, 2.05) is 0 Å². The quantitative estimate of drug-likeness (QED) is 0.727. The SMILES string of the molecule is CC1CCCC(CN2CCCCC2)N1. The zero-order chi connectivity index (χ0) is 9.80. The molecule has 2 aliphatic rings. The molecule has 0 aromatic rings. The van der Waals surface area contributed by atoms with E-state index in [4.69, 9.17) is 0 Å². The lowest BCUT2D eigenvalue weighted by Gasteiger charge is -2.35. The number of nitrogens with zero attached hydrogens (tertiary/aromatic N) is 1. The number of rotatable bonds is 2. The molecular formula is C12H24N2. The number of likely N-dealkylation sites (tertiary alicyclic amines) is 1. The smallest absolute Gasteiger partial charge is 0.0197 e. The van der Waals surface area contributed by atoms with E-state index in [0.29, 0.717) is 0 Å². The van der Waals surface area contributed by atoms with Crippen LogP contribution in [-0.4, -0.2) is 36.6 Å². The molecule has 14 heavy (non-hydrogen) atoms. The first-order chi connectivity index (χ1) is 6.84. The van der Waals surface area contributed by atoms with Crippen LogP contribution in [0.15, 0.2) is 0 Å². The number of piperidine rings is 2. The largest absolute Gasteiger partial charge is 0.310 e. The van der Waals surface area contributed by atoms with Crippen LogP contribution in [0, 0.1) is 0 Å². The van der Waals surface area contributed by atoms with Crippen LogP contribution in [0.2, 0.25) is 0 Å². The average molecular weight is 196 g/mol. The Morgan fingerprint density at radius 1 is 1.07 bits per heavy atom. The molecule has 0 amide bonds. The molecule has 2 heteroatoms. The second-order valence-electron chi connectivity index (χ2n) is 5.06. The first-order valence-electron chi connectivity index (χ1n) is 6.33. The Bertz CT molecular complexity index is 164. The van der Waals surface area contributed by atoms with E-state index >= 15 is 0 Å². The maximum Gasteiger partial charge on any atom is 0.0197 e. The summed E-state index contributed by atoms with van der Waals surface area (Å²) in [7, 11) is 0. The summed E-state index contributed by atoms with van der Waals surface area (Å²) < 4.78 is 0. The summed E-state index contributed by atoms with van der Waals surface area (Å²) in [6, 6.07) is 1.52. The van der Waals surface area contributed by atoms with Crippen molar-refractivity contribution in [3.8, 4) is 0 Å². The molecule has 2 heterocycles. The first kappa shape index (κ1) is 10.4. The molecule has 82 valence electrons. The summed E-state index contributed by atoms with van der Waals surface area (Å²) >= 11 is 0. The molecule has 2 rings (SSSR count). The molecule has 0 bridgehead atoms. The molecule has 2 saturated heterocycles. The van der Waals surface area contributed by atoms with Crippen LogP contribution in [0.4, 0.5) is 0 Å². The van der Waals surface area contributed by atoms with Gasteiger partial charge in [-0.3, -0.25) is 0 Å². The van der Waals surface area contributed by atoms with Gasteiger partial charge >= 0.3 is 0 Å². The van der Waals surface area contributed by atoms with Gasteiger partial charge in [0.05, 0.1) is 0 Å². The predicted octanol–water partition coefficient (Wildman–Crippen LogP) is 2.00. The molecule has 2 aliphatic heterocycles. The maximum atomic E-state index is 3.72. The Hall–Kier alpha value is -0.0800. The zero-order valence-electron chi connectivity index (χ0n) is 9.47. The summed E-state index contributed by atoms with van der Waals surface area (Å²) in [6.45, 7) is 6.30. The van der Waals surface area contributed by atoms with Gasteiger partial charge in [-0.1, -0.05) is 12.8 Å². The molecule has 0 aromatic heterocycles. The van der Waals surface area contributed by atoms with Crippen LogP contribution >= 0.6 is 0 Å². The second kappa shape index (κ2) is 5.13. The molecule has 0 aromatic carbocycles. The van der Waals surface area contributed by atoms with E-state index in [-0.39, 0.29) is 0 Å². The fourth-order valence-corrected chi connectivity index (χ4v) is 2.84. The highest BCUT2D eigenvalue weighted by Crippen LogP contribution is 2.15. The second-order valence-corrected chi connectivity index (χ2v) is 5.06. The highest BCUT2D eigenvalue weighted by molar-refractivity contribution is 4.81. The lowest BCUT2D eigenvalue weighted by Crippen LogP contribution is -2.48. The molecule has 0 aliphatic carbocycles. The summed E-state index contributed by atoms with van der Waals surface area (Å²) in [5.41, 5.74) is 0. The monoisotopic (exact) mass is 196 g/mol. The van der Waals surface area contributed by atoms with Gasteiger partial charge in [-0.25, -0.2) is 0 Å². The van der Waals surface area contributed by atoms with Crippen molar-refractivity contribution in [1.82, 2.24) is 10.2 Å². The van der Waals surface area contributed by atoms with E-state index in [1.54, 1.807) is 0 Å². The molecule has 0 radical (unpaired) electrons. The van der Waals surface area contributed by atoms with Gasteiger partial charge in [-0.05, 0) is 45.7 Å².